The second-order valence-electron chi connectivity index (χ2n) is 10.1. The molecule has 0 spiro atoms. The van der Waals surface area contributed by atoms with Crippen molar-refractivity contribution in [3.63, 3.8) is 0 Å². The summed E-state index contributed by atoms with van der Waals surface area (Å²) >= 11 is 0. The number of aromatic amines is 1. The van der Waals surface area contributed by atoms with Crippen LogP contribution in [0.15, 0.2) is 72.1 Å². The summed E-state index contributed by atoms with van der Waals surface area (Å²) in [5.74, 6) is 1.71. The lowest BCUT2D eigenvalue weighted by molar-refractivity contribution is 0.0985. The molecule has 1 saturated carbocycles. The molecule has 0 radical (unpaired) electrons. The summed E-state index contributed by atoms with van der Waals surface area (Å²) in [6.07, 6.45) is 5.71. The van der Waals surface area contributed by atoms with Gasteiger partial charge in [0.1, 0.15) is 16.4 Å². The number of hydrogen-bond acceptors (Lipinski definition) is 9. The zero-order valence-electron chi connectivity index (χ0n) is 22.4. The molecule has 1 aliphatic heterocycles. The highest BCUT2D eigenvalue weighted by molar-refractivity contribution is 7.92. The monoisotopic (exact) mass is 574 g/mol. The Labute approximate surface area is 237 Å². The number of imidazole rings is 1. The Balaban J connectivity index is 1.31. The summed E-state index contributed by atoms with van der Waals surface area (Å²) in [4.78, 5) is 35.3. The number of amides is 2. The second kappa shape index (κ2) is 10.9. The van der Waals surface area contributed by atoms with Gasteiger partial charge in [0, 0.05) is 42.5 Å². The molecular weight excluding hydrogens is 544 g/mol. The Bertz CT molecular complexity index is 1630. The van der Waals surface area contributed by atoms with Crippen molar-refractivity contribution >= 4 is 27.4 Å². The van der Waals surface area contributed by atoms with Crippen LogP contribution >= 0.6 is 0 Å². The van der Waals surface area contributed by atoms with E-state index in [1.54, 1.807) is 54.9 Å². The van der Waals surface area contributed by atoms with Crippen LogP contribution in [0.5, 0.6) is 0 Å². The van der Waals surface area contributed by atoms with Crippen LogP contribution in [0.2, 0.25) is 0 Å². The van der Waals surface area contributed by atoms with Crippen LogP contribution in [-0.4, -0.2) is 65.2 Å². The molecule has 6 rings (SSSR count). The first kappa shape index (κ1) is 26.8. The van der Waals surface area contributed by atoms with Crippen LogP contribution in [-0.2, 0) is 25.9 Å². The van der Waals surface area contributed by atoms with Gasteiger partial charge in [0.25, 0.3) is 0 Å². The smallest absolute Gasteiger partial charge is 0.319 e. The van der Waals surface area contributed by atoms with Crippen molar-refractivity contribution in [2.45, 2.75) is 42.1 Å². The Morgan fingerprint density at radius 2 is 1.95 bits per heavy atom. The van der Waals surface area contributed by atoms with Crippen LogP contribution in [0.4, 0.5) is 16.3 Å². The van der Waals surface area contributed by atoms with E-state index in [1.807, 2.05) is 0 Å². The minimum Gasteiger partial charge on any atom is -0.377 e. The number of anilines is 2. The number of hydrogen-bond donors (Lipinski definition) is 3. The molecule has 212 valence electrons. The molecule has 4 heterocycles. The lowest BCUT2D eigenvalue weighted by Gasteiger charge is -2.34. The van der Waals surface area contributed by atoms with E-state index in [4.69, 9.17) is 14.7 Å². The van der Waals surface area contributed by atoms with Gasteiger partial charge in [0.05, 0.1) is 31.5 Å². The molecule has 41 heavy (non-hydrogen) atoms. The molecular formula is C28H30N8O4S. The fraction of sp³-hybridized carbons (Fsp3) is 0.321. The molecule has 3 N–H and O–H groups in total. The van der Waals surface area contributed by atoms with Gasteiger partial charge in [-0.05, 0) is 56.2 Å². The molecule has 3 aromatic heterocycles. The molecule has 1 aliphatic carbocycles. The average molecular weight is 575 g/mol. The maximum atomic E-state index is 13.8. The first-order valence-corrected chi connectivity index (χ1v) is 14.9. The van der Waals surface area contributed by atoms with Gasteiger partial charge in [0.15, 0.2) is 10.9 Å². The average Bonchev–Trinajstić information content (AvgIpc) is 3.66. The van der Waals surface area contributed by atoms with Gasteiger partial charge in [-0.1, -0.05) is 6.07 Å². The molecule has 13 heteroatoms. The molecule has 2 fully saturated rings. The molecule has 12 nitrogen and oxygen atoms in total. The minimum absolute atomic E-state index is 0.0414. The Morgan fingerprint density at radius 3 is 2.63 bits per heavy atom. The van der Waals surface area contributed by atoms with E-state index in [9.17, 15) is 13.2 Å². The number of carbonyl (C=O) groups excluding carboxylic acids is 1. The number of rotatable bonds is 8. The number of benzene rings is 1. The van der Waals surface area contributed by atoms with Gasteiger partial charge < -0.3 is 25.3 Å². The molecule has 1 aromatic carbocycles. The second-order valence-corrected chi connectivity index (χ2v) is 12.3. The number of morpholine rings is 1. The molecule has 4 aromatic rings. The van der Waals surface area contributed by atoms with Crippen LogP contribution in [0, 0.1) is 0 Å². The summed E-state index contributed by atoms with van der Waals surface area (Å²) in [5, 5.41) is 5.58. The molecule has 1 saturated heterocycles. The summed E-state index contributed by atoms with van der Waals surface area (Å²) in [6.45, 7) is 4.05. The van der Waals surface area contributed by atoms with Crippen molar-refractivity contribution in [1.82, 2.24) is 30.2 Å². The van der Waals surface area contributed by atoms with Crippen molar-refractivity contribution in [2.75, 3.05) is 30.0 Å². The maximum absolute atomic E-state index is 13.8. The van der Waals surface area contributed by atoms with Crippen molar-refractivity contribution in [1.29, 1.82) is 0 Å². The van der Waals surface area contributed by atoms with Gasteiger partial charge in [-0.3, -0.25) is 0 Å². The third-order valence-corrected chi connectivity index (χ3v) is 9.78. The number of H-pyrrole nitrogens is 1. The van der Waals surface area contributed by atoms with Crippen molar-refractivity contribution in [3.8, 4) is 11.4 Å². The number of sulfone groups is 1. The van der Waals surface area contributed by atoms with Gasteiger partial charge >= 0.3 is 6.03 Å². The largest absolute Gasteiger partial charge is 0.377 e. The summed E-state index contributed by atoms with van der Waals surface area (Å²) in [6, 6.07) is 13.5. The number of urea groups is 1. The minimum atomic E-state index is -3.79. The van der Waals surface area contributed by atoms with Crippen molar-refractivity contribution in [2.24, 2.45) is 0 Å². The number of nitrogens with one attached hydrogen (secondary N) is 3. The first-order chi connectivity index (χ1) is 19.9. The van der Waals surface area contributed by atoms with Gasteiger partial charge in [-0.25, -0.2) is 33.1 Å². The number of nitrogens with zero attached hydrogens (tertiary/aromatic N) is 5. The number of ether oxygens (including phenoxy) is 1. The standard InChI is InChI=1S/C28H30N8O4S/c1-19-18-40-15-14-36(19)24-16-22(28(9-10-28)41(38,39)25-4-2-3-11-31-25)34-26(35-24)20-5-7-21(8-6-20)33-27(37)32-17-23-29-12-13-30-23/h2-8,11-13,16,19H,9-10,14-15,17-18H2,1H3,(H,29,30)(H2,32,33,37)/t19-/m0/s1. The highest BCUT2D eigenvalue weighted by Crippen LogP contribution is 2.54. The van der Waals surface area contributed by atoms with Crippen LogP contribution in [0.3, 0.4) is 0 Å². The van der Waals surface area contributed by atoms with Crippen LogP contribution in [0.1, 0.15) is 31.3 Å². The van der Waals surface area contributed by atoms with E-state index >= 15 is 0 Å². The van der Waals surface area contributed by atoms with E-state index in [0.717, 1.165) is 0 Å². The fourth-order valence-corrected chi connectivity index (χ4v) is 6.81. The SMILES string of the molecule is C[C@H]1COCCN1c1cc(C2(S(=O)(=O)c3ccccn3)CC2)nc(-c2ccc(NC(=O)NCc3ncc[nH]3)cc2)n1. The van der Waals surface area contributed by atoms with Crippen molar-refractivity contribution < 1.29 is 17.9 Å². The quantitative estimate of drug-likeness (QED) is 0.287. The topological polar surface area (TPSA) is 155 Å². The lowest BCUT2D eigenvalue weighted by atomic mass is 10.1. The normalized spacial score (nSPS) is 18.1. The zero-order chi connectivity index (χ0) is 28.5. The highest BCUT2D eigenvalue weighted by Gasteiger charge is 2.58. The molecule has 2 aliphatic rings. The first-order valence-electron chi connectivity index (χ1n) is 13.4. The van der Waals surface area contributed by atoms with E-state index in [-0.39, 0.29) is 23.6 Å². The molecule has 1 atom stereocenters. The van der Waals surface area contributed by atoms with Crippen molar-refractivity contribution in [3.05, 3.63) is 78.6 Å². The number of carbonyl (C=O) groups is 1. The number of aromatic nitrogens is 5. The van der Waals surface area contributed by atoms with E-state index in [1.165, 1.54) is 12.3 Å². The third kappa shape index (κ3) is 5.37. The van der Waals surface area contributed by atoms with Gasteiger partial charge in [0.2, 0.25) is 9.84 Å². The summed E-state index contributed by atoms with van der Waals surface area (Å²) in [7, 11) is -3.79. The summed E-state index contributed by atoms with van der Waals surface area (Å²) in [5.41, 5.74) is 1.74. The van der Waals surface area contributed by atoms with E-state index < -0.39 is 14.6 Å². The van der Waals surface area contributed by atoms with E-state index in [2.05, 4.69) is 37.4 Å². The van der Waals surface area contributed by atoms with Crippen LogP contribution < -0.4 is 15.5 Å². The Hall–Kier alpha value is -4.36. The van der Waals surface area contributed by atoms with Gasteiger partial charge in [-0.2, -0.15) is 0 Å². The number of pyridine rings is 1. The summed E-state index contributed by atoms with van der Waals surface area (Å²) < 4.78 is 32.0. The lowest BCUT2D eigenvalue weighted by Crippen LogP contribution is -2.44. The third-order valence-electron chi connectivity index (χ3n) is 7.35. The Morgan fingerprint density at radius 1 is 1.12 bits per heavy atom. The van der Waals surface area contributed by atoms with Gasteiger partial charge in [-0.15, -0.1) is 0 Å². The van der Waals surface area contributed by atoms with Crippen LogP contribution in [0.25, 0.3) is 11.4 Å². The predicted molar refractivity (Wildman–Crippen MR) is 152 cm³/mol. The Kier molecular flexibility index (Phi) is 7.14. The fourth-order valence-electron chi connectivity index (χ4n) is 4.93. The van der Waals surface area contributed by atoms with E-state index in [0.29, 0.717) is 67.0 Å². The predicted octanol–water partition coefficient (Wildman–Crippen LogP) is 3.27. The molecule has 0 unspecified atom stereocenters. The maximum Gasteiger partial charge on any atom is 0.319 e. The highest BCUT2D eigenvalue weighted by atomic mass is 32.2. The zero-order valence-corrected chi connectivity index (χ0v) is 23.3. The molecule has 2 amide bonds. The molecule has 0 bridgehead atoms.